The van der Waals surface area contributed by atoms with Gasteiger partial charge in [0.1, 0.15) is 0 Å². The van der Waals surface area contributed by atoms with Crippen LogP contribution >= 0.6 is 0 Å². The van der Waals surface area contributed by atoms with Crippen LogP contribution in [0.3, 0.4) is 0 Å². The fourth-order valence-electron chi connectivity index (χ4n) is 2.47. The third kappa shape index (κ3) is 6.76. The molecule has 124 valence electrons. The lowest BCUT2D eigenvalue weighted by atomic mass is 10.1. The van der Waals surface area contributed by atoms with Gasteiger partial charge in [0.05, 0.1) is 31.6 Å². The molecule has 1 atom stereocenters. The number of sulfone groups is 1. The van der Waals surface area contributed by atoms with Crippen LogP contribution in [0.2, 0.25) is 0 Å². The third-order valence-electron chi connectivity index (χ3n) is 3.74. The van der Waals surface area contributed by atoms with E-state index in [2.05, 4.69) is 10.1 Å². The summed E-state index contributed by atoms with van der Waals surface area (Å²) in [5, 5.41) is 3.19. The number of carbonyl (C=O) groups is 1. The molecule has 1 aliphatic carbocycles. The molecule has 7 heteroatoms. The number of esters is 1. The van der Waals surface area contributed by atoms with Gasteiger partial charge in [-0.1, -0.05) is 6.92 Å². The molecular formula is C14H27NO5S. The Morgan fingerprint density at radius 2 is 2.00 bits per heavy atom. The number of carbonyl (C=O) groups excluding carboxylic acids is 1. The molecule has 0 radical (unpaired) electrons. The van der Waals surface area contributed by atoms with E-state index in [1.165, 1.54) is 7.11 Å². The van der Waals surface area contributed by atoms with Crippen molar-refractivity contribution in [2.75, 3.05) is 38.9 Å². The second-order valence-corrected chi connectivity index (χ2v) is 8.02. The molecule has 0 aliphatic heterocycles. The Bertz CT molecular complexity index is 431. The molecule has 6 nitrogen and oxygen atoms in total. The molecule has 21 heavy (non-hydrogen) atoms. The first-order valence-electron chi connectivity index (χ1n) is 7.36. The predicted octanol–water partition coefficient (Wildman–Crippen LogP) is 0.759. The zero-order valence-corrected chi connectivity index (χ0v) is 14.0. The highest BCUT2D eigenvalue weighted by Gasteiger charge is 2.48. The Morgan fingerprint density at radius 1 is 1.33 bits per heavy atom. The lowest BCUT2D eigenvalue weighted by Crippen LogP contribution is -2.41. The second-order valence-electron chi connectivity index (χ2n) is 5.91. The fourth-order valence-corrected chi connectivity index (χ4v) is 4.74. The second kappa shape index (κ2) is 8.10. The average Bonchev–Trinajstić information content (AvgIpc) is 3.14. The van der Waals surface area contributed by atoms with Gasteiger partial charge in [0.25, 0.3) is 0 Å². The van der Waals surface area contributed by atoms with Gasteiger partial charge in [-0.05, 0) is 31.2 Å². The van der Waals surface area contributed by atoms with E-state index in [-0.39, 0.29) is 29.9 Å². The Labute approximate surface area is 127 Å². The van der Waals surface area contributed by atoms with E-state index in [9.17, 15) is 13.2 Å². The van der Waals surface area contributed by atoms with Crippen molar-refractivity contribution in [3.05, 3.63) is 0 Å². The molecule has 0 spiro atoms. The van der Waals surface area contributed by atoms with Crippen LogP contribution in [0.1, 0.15) is 32.6 Å². The average molecular weight is 321 g/mol. The summed E-state index contributed by atoms with van der Waals surface area (Å²) >= 11 is 0. The monoisotopic (exact) mass is 321 g/mol. The van der Waals surface area contributed by atoms with Crippen LogP contribution in [0.5, 0.6) is 0 Å². The molecule has 1 fully saturated rings. The number of ether oxygens (including phenoxy) is 2. The lowest BCUT2D eigenvalue weighted by Gasteiger charge is -2.20. The minimum atomic E-state index is -3.23. The standard InChI is InChI=1S/C14H27NO5S/c1-4-7-15-12(9-19-2)10-21(17,18)11-14(5-6-14)8-13(16)20-3/h12,15H,4-11H2,1-3H3. The largest absolute Gasteiger partial charge is 0.469 e. The van der Waals surface area contributed by atoms with Gasteiger partial charge in [-0.25, -0.2) is 8.42 Å². The summed E-state index contributed by atoms with van der Waals surface area (Å²) in [6, 6.07) is -0.200. The molecule has 1 unspecified atom stereocenters. The molecule has 0 aromatic rings. The van der Waals surface area contributed by atoms with Gasteiger partial charge < -0.3 is 14.8 Å². The van der Waals surface area contributed by atoms with Crippen LogP contribution < -0.4 is 5.32 Å². The van der Waals surface area contributed by atoms with E-state index in [0.717, 1.165) is 25.8 Å². The summed E-state index contributed by atoms with van der Waals surface area (Å²) < 4.78 is 34.4. The molecule has 0 saturated heterocycles. The topological polar surface area (TPSA) is 81.7 Å². The number of hydrogen-bond donors (Lipinski definition) is 1. The maximum Gasteiger partial charge on any atom is 0.306 e. The summed E-state index contributed by atoms with van der Waals surface area (Å²) in [5.74, 6) is -0.229. The van der Waals surface area contributed by atoms with Gasteiger partial charge in [-0.2, -0.15) is 0 Å². The van der Waals surface area contributed by atoms with E-state index < -0.39 is 15.3 Å². The summed E-state index contributed by atoms with van der Waals surface area (Å²) in [5.41, 5.74) is -0.395. The van der Waals surface area contributed by atoms with E-state index in [1.807, 2.05) is 6.92 Å². The van der Waals surface area contributed by atoms with Crippen molar-refractivity contribution < 1.29 is 22.7 Å². The van der Waals surface area contributed by atoms with Gasteiger partial charge in [-0.15, -0.1) is 0 Å². The Balaban J connectivity index is 2.57. The third-order valence-corrected chi connectivity index (χ3v) is 5.70. The highest BCUT2D eigenvalue weighted by atomic mass is 32.2. The normalized spacial score (nSPS) is 18.2. The van der Waals surface area contributed by atoms with Crippen LogP contribution in [0.15, 0.2) is 0 Å². The lowest BCUT2D eigenvalue weighted by molar-refractivity contribution is -0.141. The van der Waals surface area contributed by atoms with Crippen molar-refractivity contribution in [1.29, 1.82) is 0 Å². The number of methoxy groups -OCH3 is 2. The molecule has 0 aromatic heterocycles. The maximum absolute atomic E-state index is 12.4. The van der Waals surface area contributed by atoms with E-state index in [4.69, 9.17) is 4.74 Å². The Morgan fingerprint density at radius 3 is 2.48 bits per heavy atom. The van der Waals surface area contributed by atoms with Crippen LogP contribution in [0.25, 0.3) is 0 Å². The van der Waals surface area contributed by atoms with Crippen LogP contribution in [-0.2, 0) is 24.1 Å². The minimum absolute atomic E-state index is 0.0454. The number of hydrogen-bond acceptors (Lipinski definition) is 6. The smallest absolute Gasteiger partial charge is 0.306 e. The minimum Gasteiger partial charge on any atom is -0.469 e. The van der Waals surface area contributed by atoms with E-state index in [0.29, 0.717) is 6.61 Å². The zero-order valence-electron chi connectivity index (χ0n) is 13.2. The maximum atomic E-state index is 12.4. The molecule has 0 heterocycles. The van der Waals surface area contributed by atoms with Crippen molar-refractivity contribution in [2.24, 2.45) is 5.41 Å². The van der Waals surface area contributed by atoms with Gasteiger partial charge in [0, 0.05) is 13.2 Å². The predicted molar refractivity (Wildman–Crippen MR) is 80.9 cm³/mol. The zero-order chi connectivity index (χ0) is 15.9. The quantitative estimate of drug-likeness (QED) is 0.566. The Hall–Kier alpha value is -0.660. The Kier molecular flexibility index (Phi) is 7.09. The fraction of sp³-hybridized carbons (Fsp3) is 0.929. The summed E-state index contributed by atoms with van der Waals surface area (Å²) in [7, 11) is -0.341. The summed E-state index contributed by atoms with van der Waals surface area (Å²) in [6.45, 7) is 3.15. The molecule has 1 rings (SSSR count). The van der Waals surface area contributed by atoms with Crippen molar-refractivity contribution in [1.82, 2.24) is 5.32 Å². The number of rotatable bonds is 11. The van der Waals surface area contributed by atoms with Gasteiger partial charge >= 0.3 is 5.97 Å². The molecule has 0 aromatic carbocycles. The first-order valence-corrected chi connectivity index (χ1v) is 9.18. The van der Waals surface area contributed by atoms with E-state index >= 15 is 0 Å². The van der Waals surface area contributed by atoms with Gasteiger partial charge in [-0.3, -0.25) is 4.79 Å². The summed E-state index contributed by atoms with van der Waals surface area (Å²) in [6.07, 6.45) is 2.68. The van der Waals surface area contributed by atoms with Crippen LogP contribution in [0.4, 0.5) is 0 Å². The van der Waals surface area contributed by atoms with Crippen molar-refractivity contribution in [3.63, 3.8) is 0 Å². The molecule has 1 saturated carbocycles. The highest BCUT2D eigenvalue weighted by molar-refractivity contribution is 7.91. The van der Waals surface area contributed by atoms with Crippen molar-refractivity contribution in [2.45, 2.75) is 38.6 Å². The van der Waals surface area contributed by atoms with Crippen LogP contribution in [-0.4, -0.2) is 59.3 Å². The van der Waals surface area contributed by atoms with Crippen LogP contribution in [0, 0.1) is 5.41 Å². The summed E-state index contributed by atoms with van der Waals surface area (Å²) in [4.78, 5) is 11.4. The molecule has 0 bridgehead atoms. The van der Waals surface area contributed by atoms with Gasteiger partial charge in [0.15, 0.2) is 9.84 Å². The first-order chi connectivity index (χ1) is 9.86. The van der Waals surface area contributed by atoms with Crippen molar-refractivity contribution in [3.8, 4) is 0 Å². The molecule has 1 N–H and O–H groups in total. The van der Waals surface area contributed by atoms with Crippen molar-refractivity contribution >= 4 is 15.8 Å². The molecule has 1 aliphatic rings. The number of nitrogens with one attached hydrogen (secondary N) is 1. The molecule has 0 amide bonds. The molecular weight excluding hydrogens is 294 g/mol. The van der Waals surface area contributed by atoms with Gasteiger partial charge in [0.2, 0.25) is 0 Å². The SMILES string of the molecule is CCCNC(COC)CS(=O)(=O)CC1(CC(=O)OC)CC1. The first kappa shape index (κ1) is 18.4. The van der Waals surface area contributed by atoms with E-state index in [1.54, 1.807) is 7.11 Å². The highest BCUT2D eigenvalue weighted by Crippen LogP contribution is 2.50.